The first kappa shape index (κ1) is 20.6. The molecule has 1 aliphatic carbocycles. The Morgan fingerprint density at radius 1 is 1.34 bits per heavy atom. The molecule has 1 saturated heterocycles. The van der Waals surface area contributed by atoms with Gasteiger partial charge < -0.3 is 4.90 Å². The maximum Gasteiger partial charge on any atom is 0.192 e. The zero-order chi connectivity index (χ0) is 22.6. The first-order chi connectivity index (χ1) is 15.2. The molecule has 0 amide bonds. The number of Topliss-reactive ketones (excluding diaryl/α,β-unsaturated/α-hetero) is 1. The molecular formula is C24H27FN6O. The van der Waals surface area contributed by atoms with Gasteiger partial charge in [-0.1, -0.05) is 12.6 Å². The molecule has 3 aromatic heterocycles. The Morgan fingerprint density at radius 3 is 2.84 bits per heavy atom. The van der Waals surface area contributed by atoms with Crippen LogP contribution in [0.3, 0.4) is 0 Å². The van der Waals surface area contributed by atoms with Crippen LogP contribution in [0.5, 0.6) is 0 Å². The van der Waals surface area contributed by atoms with Gasteiger partial charge in [-0.15, -0.1) is 0 Å². The maximum absolute atomic E-state index is 13.8. The number of hydrogen-bond donors (Lipinski definition) is 1. The Bertz CT molecular complexity index is 1220. The van der Waals surface area contributed by atoms with E-state index in [9.17, 15) is 9.18 Å². The number of H-pyrrole nitrogens is 1. The number of carbonyl (C=O) groups excluding carboxylic acids is 1. The van der Waals surface area contributed by atoms with Gasteiger partial charge in [0.05, 0.1) is 37.1 Å². The molecule has 3 aromatic rings. The summed E-state index contributed by atoms with van der Waals surface area (Å²) in [5, 5.41) is 11.8. The van der Waals surface area contributed by atoms with Crippen molar-refractivity contribution in [2.45, 2.75) is 51.7 Å². The van der Waals surface area contributed by atoms with Crippen LogP contribution < -0.4 is 4.90 Å². The highest BCUT2D eigenvalue weighted by Gasteiger charge is 2.39. The van der Waals surface area contributed by atoms with Gasteiger partial charge in [0.15, 0.2) is 5.78 Å². The largest absolute Gasteiger partial charge is 0.350 e. The number of hydrogen-bond acceptors (Lipinski definition) is 5. The molecule has 7 nitrogen and oxygen atoms in total. The van der Waals surface area contributed by atoms with Crippen LogP contribution in [0.25, 0.3) is 0 Å². The molecule has 2 aliphatic rings. The summed E-state index contributed by atoms with van der Waals surface area (Å²) < 4.78 is 15.5. The Balaban J connectivity index is 1.27. The van der Waals surface area contributed by atoms with Crippen LogP contribution in [-0.4, -0.2) is 49.5 Å². The second-order valence-corrected chi connectivity index (χ2v) is 9.27. The predicted molar refractivity (Wildman–Crippen MR) is 120 cm³/mol. The van der Waals surface area contributed by atoms with Crippen molar-refractivity contribution in [2.75, 3.05) is 18.0 Å². The van der Waals surface area contributed by atoms with E-state index in [1.807, 2.05) is 30.9 Å². The Morgan fingerprint density at radius 2 is 2.12 bits per heavy atom. The molecule has 1 N–H and O–H groups in total. The lowest BCUT2D eigenvalue weighted by atomic mass is 9.92. The molecule has 1 aliphatic heterocycles. The van der Waals surface area contributed by atoms with E-state index < -0.39 is 5.67 Å². The monoisotopic (exact) mass is 434 g/mol. The fraction of sp³-hybridized carbons (Fsp3) is 0.417. The molecule has 0 saturated carbocycles. The van der Waals surface area contributed by atoms with Crippen LogP contribution in [0.4, 0.5) is 10.2 Å². The maximum atomic E-state index is 13.8. The van der Waals surface area contributed by atoms with Gasteiger partial charge in [0, 0.05) is 29.1 Å². The number of carbonyl (C=O) groups is 1. The fourth-order valence-electron chi connectivity index (χ4n) is 4.76. The lowest BCUT2D eigenvalue weighted by Gasteiger charge is -2.43. The van der Waals surface area contributed by atoms with E-state index in [0.717, 1.165) is 41.3 Å². The van der Waals surface area contributed by atoms with Crippen molar-refractivity contribution in [3.8, 4) is 0 Å². The van der Waals surface area contributed by atoms with Gasteiger partial charge in [-0.2, -0.15) is 10.2 Å². The van der Waals surface area contributed by atoms with Crippen LogP contribution >= 0.6 is 0 Å². The van der Waals surface area contributed by atoms with Gasteiger partial charge in [-0.3, -0.25) is 14.6 Å². The molecule has 8 heteroatoms. The van der Waals surface area contributed by atoms with Gasteiger partial charge in [0.2, 0.25) is 0 Å². The van der Waals surface area contributed by atoms with E-state index in [1.165, 1.54) is 5.56 Å². The Hall–Kier alpha value is -3.29. The fourth-order valence-corrected chi connectivity index (χ4v) is 4.76. The molecular weight excluding hydrogens is 407 g/mol. The summed E-state index contributed by atoms with van der Waals surface area (Å²) in [7, 11) is 0. The number of ketones is 1. The lowest BCUT2D eigenvalue weighted by Crippen LogP contribution is -2.57. The number of halogens is 1. The van der Waals surface area contributed by atoms with Gasteiger partial charge in [0.1, 0.15) is 11.5 Å². The first-order valence-electron chi connectivity index (χ1n) is 10.9. The SMILES string of the molecule is C=C(C(=O)c1cnn(Cc2ccc(N3CC(C)(F)C3)nc2C)c1)C1CCc2c1n[nH]c2C. The molecule has 1 unspecified atom stereocenters. The van der Waals surface area contributed by atoms with Crippen LogP contribution in [0, 0.1) is 13.8 Å². The highest BCUT2D eigenvalue weighted by molar-refractivity contribution is 6.09. The number of nitrogens with zero attached hydrogens (tertiary/aromatic N) is 5. The summed E-state index contributed by atoms with van der Waals surface area (Å²) in [5.74, 6) is 0.656. The minimum absolute atomic E-state index is 0.0440. The number of pyridine rings is 1. The number of nitrogens with one attached hydrogen (secondary N) is 1. The van der Waals surface area contributed by atoms with Crippen LogP contribution in [0.15, 0.2) is 36.7 Å². The van der Waals surface area contributed by atoms with Gasteiger partial charge in [0.25, 0.3) is 0 Å². The number of fused-ring (bicyclic) bond motifs is 1. The van der Waals surface area contributed by atoms with Crippen LogP contribution in [0.1, 0.15) is 57.8 Å². The third-order valence-corrected chi connectivity index (χ3v) is 6.60. The van der Waals surface area contributed by atoms with Crippen LogP contribution in [-0.2, 0) is 13.0 Å². The van der Waals surface area contributed by atoms with Crippen molar-refractivity contribution in [3.63, 3.8) is 0 Å². The van der Waals surface area contributed by atoms with Crippen molar-refractivity contribution in [3.05, 3.63) is 70.5 Å². The summed E-state index contributed by atoms with van der Waals surface area (Å²) in [6.07, 6.45) is 5.13. The molecule has 0 radical (unpaired) electrons. The highest BCUT2D eigenvalue weighted by atomic mass is 19.1. The zero-order valence-corrected chi connectivity index (χ0v) is 18.7. The number of alkyl halides is 1. The van der Waals surface area contributed by atoms with E-state index in [1.54, 1.807) is 24.0 Å². The topological polar surface area (TPSA) is 79.7 Å². The second-order valence-electron chi connectivity index (χ2n) is 9.27. The summed E-state index contributed by atoms with van der Waals surface area (Å²) in [4.78, 5) is 19.6. The van der Waals surface area contributed by atoms with Crippen molar-refractivity contribution in [1.29, 1.82) is 0 Å². The molecule has 32 heavy (non-hydrogen) atoms. The smallest absolute Gasteiger partial charge is 0.192 e. The van der Waals surface area contributed by atoms with Gasteiger partial charge in [-0.05, 0) is 50.8 Å². The second kappa shape index (κ2) is 7.39. The van der Waals surface area contributed by atoms with Crippen LogP contribution in [0.2, 0.25) is 0 Å². The number of aromatic amines is 1. The summed E-state index contributed by atoms with van der Waals surface area (Å²) in [6.45, 7) is 10.9. The molecule has 0 aromatic carbocycles. The molecule has 4 heterocycles. The summed E-state index contributed by atoms with van der Waals surface area (Å²) >= 11 is 0. The normalized spacial score (nSPS) is 19.0. The van der Waals surface area contributed by atoms with Gasteiger partial charge in [-0.25, -0.2) is 9.37 Å². The molecule has 166 valence electrons. The average molecular weight is 435 g/mol. The summed E-state index contributed by atoms with van der Waals surface area (Å²) in [5.41, 5.74) is 5.06. The molecule has 1 fully saturated rings. The average Bonchev–Trinajstić information content (AvgIpc) is 3.45. The Kier molecular flexibility index (Phi) is 4.76. The van der Waals surface area contributed by atoms with Crippen molar-refractivity contribution < 1.29 is 9.18 Å². The van der Waals surface area contributed by atoms with E-state index in [2.05, 4.69) is 26.9 Å². The minimum Gasteiger partial charge on any atom is -0.350 e. The number of allylic oxidation sites excluding steroid dienone is 1. The van der Waals surface area contributed by atoms with Gasteiger partial charge >= 0.3 is 0 Å². The van der Waals surface area contributed by atoms with E-state index in [4.69, 9.17) is 0 Å². The molecule has 5 rings (SSSR count). The van der Waals surface area contributed by atoms with E-state index in [0.29, 0.717) is 30.8 Å². The quantitative estimate of drug-likeness (QED) is 0.473. The third-order valence-electron chi connectivity index (χ3n) is 6.60. The lowest BCUT2D eigenvalue weighted by molar-refractivity contribution is 0.102. The molecule has 0 spiro atoms. The number of rotatable bonds is 6. The number of aromatic nitrogens is 5. The molecule has 0 bridgehead atoms. The predicted octanol–water partition coefficient (Wildman–Crippen LogP) is 3.68. The standard InChI is InChI=1S/C24H27FN6O/c1-14(19-6-7-20-16(3)28-29-22(19)20)23(32)18-9-26-31(11-18)10-17-5-8-21(27-15(17)2)30-12-24(4,25)13-30/h5,8-9,11,19H,1,6-7,10,12-13H2,2-4H3,(H,28,29). The third kappa shape index (κ3) is 3.53. The first-order valence-corrected chi connectivity index (χ1v) is 10.9. The van der Waals surface area contributed by atoms with Crippen molar-refractivity contribution in [1.82, 2.24) is 25.0 Å². The van der Waals surface area contributed by atoms with E-state index >= 15 is 0 Å². The number of anilines is 1. The summed E-state index contributed by atoms with van der Waals surface area (Å²) in [6, 6.07) is 3.91. The number of aryl methyl sites for hydroxylation is 2. The Labute approximate surface area is 186 Å². The molecule has 1 atom stereocenters. The van der Waals surface area contributed by atoms with Crippen molar-refractivity contribution in [2.24, 2.45) is 0 Å². The van der Waals surface area contributed by atoms with E-state index in [-0.39, 0.29) is 11.7 Å². The zero-order valence-electron chi connectivity index (χ0n) is 18.7. The highest BCUT2D eigenvalue weighted by Crippen LogP contribution is 2.38. The van der Waals surface area contributed by atoms with Crippen molar-refractivity contribution >= 4 is 11.6 Å². The minimum atomic E-state index is -1.13.